The minimum Gasteiger partial charge on any atom is -0.350 e. The Morgan fingerprint density at radius 2 is 1.71 bits per heavy atom. The predicted octanol–water partition coefficient (Wildman–Crippen LogP) is 3.04. The van der Waals surface area contributed by atoms with Gasteiger partial charge in [0.25, 0.3) is 0 Å². The molecule has 0 aliphatic rings. The van der Waals surface area contributed by atoms with Gasteiger partial charge < -0.3 is 4.57 Å². The molecule has 2 aromatic carbocycles. The SMILES string of the molecule is Cn1cccc1/C=N/NC(=O)c1nc(-c2ccccc2)n(-c2ccccc2)n1. The maximum absolute atomic E-state index is 12.5. The summed E-state index contributed by atoms with van der Waals surface area (Å²) in [6, 6.07) is 23.0. The van der Waals surface area contributed by atoms with Crippen molar-refractivity contribution in [2.24, 2.45) is 12.1 Å². The van der Waals surface area contributed by atoms with E-state index in [0.717, 1.165) is 16.9 Å². The van der Waals surface area contributed by atoms with Crippen LogP contribution in [0.2, 0.25) is 0 Å². The number of hydrogen-bond acceptors (Lipinski definition) is 4. The van der Waals surface area contributed by atoms with Gasteiger partial charge in [-0.1, -0.05) is 48.5 Å². The van der Waals surface area contributed by atoms with Crippen molar-refractivity contribution in [3.8, 4) is 17.1 Å². The molecule has 0 spiro atoms. The van der Waals surface area contributed by atoms with Gasteiger partial charge in [-0.15, -0.1) is 5.10 Å². The molecule has 28 heavy (non-hydrogen) atoms. The predicted molar refractivity (Wildman–Crippen MR) is 107 cm³/mol. The highest BCUT2D eigenvalue weighted by Gasteiger charge is 2.18. The number of nitrogens with zero attached hydrogens (tertiary/aromatic N) is 5. The number of hydrazone groups is 1. The third-order valence-corrected chi connectivity index (χ3v) is 4.19. The summed E-state index contributed by atoms with van der Waals surface area (Å²) < 4.78 is 3.55. The molecule has 0 bridgehead atoms. The van der Waals surface area contributed by atoms with Crippen molar-refractivity contribution >= 4 is 12.1 Å². The highest BCUT2D eigenvalue weighted by Crippen LogP contribution is 2.20. The van der Waals surface area contributed by atoms with Crippen LogP contribution in [0.5, 0.6) is 0 Å². The van der Waals surface area contributed by atoms with Gasteiger partial charge >= 0.3 is 5.91 Å². The quantitative estimate of drug-likeness (QED) is 0.433. The van der Waals surface area contributed by atoms with Gasteiger partial charge in [-0.3, -0.25) is 4.79 Å². The second kappa shape index (κ2) is 7.71. The molecular formula is C21H18N6O. The van der Waals surface area contributed by atoms with E-state index in [1.165, 1.54) is 0 Å². The number of para-hydroxylation sites is 1. The van der Waals surface area contributed by atoms with Crippen molar-refractivity contribution in [1.29, 1.82) is 0 Å². The first-order valence-corrected chi connectivity index (χ1v) is 8.75. The lowest BCUT2D eigenvalue weighted by Crippen LogP contribution is -2.19. The monoisotopic (exact) mass is 370 g/mol. The van der Waals surface area contributed by atoms with Gasteiger partial charge in [0.05, 0.1) is 17.6 Å². The molecule has 7 heteroatoms. The van der Waals surface area contributed by atoms with Crippen LogP contribution in [-0.4, -0.2) is 31.5 Å². The van der Waals surface area contributed by atoms with Crippen LogP contribution < -0.4 is 5.43 Å². The van der Waals surface area contributed by atoms with Gasteiger partial charge in [0.1, 0.15) is 0 Å². The number of carbonyl (C=O) groups excluding carboxylic acids is 1. The van der Waals surface area contributed by atoms with Gasteiger partial charge in [-0.05, 0) is 24.3 Å². The Balaban J connectivity index is 1.64. The molecule has 1 N–H and O–H groups in total. The minimum absolute atomic E-state index is 0.0479. The average Bonchev–Trinajstić information content (AvgIpc) is 3.36. The molecule has 0 saturated carbocycles. The fourth-order valence-corrected chi connectivity index (χ4v) is 2.75. The fraction of sp³-hybridized carbons (Fsp3) is 0.0476. The van der Waals surface area contributed by atoms with Gasteiger partial charge in [0, 0.05) is 18.8 Å². The van der Waals surface area contributed by atoms with Crippen LogP contribution in [0, 0.1) is 0 Å². The van der Waals surface area contributed by atoms with Crippen LogP contribution in [0.25, 0.3) is 17.1 Å². The van der Waals surface area contributed by atoms with E-state index in [2.05, 4.69) is 20.6 Å². The molecule has 2 heterocycles. The van der Waals surface area contributed by atoms with Crippen LogP contribution in [0.4, 0.5) is 0 Å². The zero-order chi connectivity index (χ0) is 19.3. The molecular weight excluding hydrogens is 352 g/mol. The second-order valence-corrected chi connectivity index (χ2v) is 6.12. The summed E-state index contributed by atoms with van der Waals surface area (Å²) in [5.41, 5.74) is 5.04. The highest BCUT2D eigenvalue weighted by atomic mass is 16.2. The molecule has 4 rings (SSSR count). The van der Waals surface area contributed by atoms with E-state index in [1.807, 2.05) is 90.6 Å². The third kappa shape index (κ3) is 3.59. The maximum atomic E-state index is 12.5. The van der Waals surface area contributed by atoms with Crippen molar-refractivity contribution in [2.45, 2.75) is 0 Å². The van der Waals surface area contributed by atoms with Crippen LogP contribution in [0.3, 0.4) is 0 Å². The molecule has 0 radical (unpaired) electrons. The van der Waals surface area contributed by atoms with Crippen LogP contribution in [0.1, 0.15) is 16.3 Å². The Kier molecular flexibility index (Phi) is 4.79. The van der Waals surface area contributed by atoms with Gasteiger partial charge in [-0.25, -0.2) is 15.1 Å². The van der Waals surface area contributed by atoms with E-state index in [4.69, 9.17) is 0 Å². The Morgan fingerprint density at radius 1 is 1.00 bits per heavy atom. The first-order valence-electron chi connectivity index (χ1n) is 8.75. The molecule has 138 valence electrons. The summed E-state index contributed by atoms with van der Waals surface area (Å²) in [6.07, 6.45) is 3.47. The van der Waals surface area contributed by atoms with Crippen LogP contribution >= 0.6 is 0 Å². The molecule has 0 aliphatic carbocycles. The zero-order valence-electron chi connectivity index (χ0n) is 15.2. The van der Waals surface area contributed by atoms with E-state index in [0.29, 0.717) is 5.82 Å². The number of benzene rings is 2. The molecule has 1 amide bonds. The smallest absolute Gasteiger partial charge is 0.311 e. The molecule has 0 saturated heterocycles. The summed E-state index contributed by atoms with van der Waals surface area (Å²) in [5, 5.41) is 8.41. The summed E-state index contributed by atoms with van der Waals surface area (Å²) >= 11 is 0. The molecule has 0 atom stereocenters. The molecule has 0 fully saturated rings. The highest BCUT2D eigenvalue weighted by molar-refractivity contribution is 5.91. The number of aryl methyl sites for hydroxylation is 1. The number of amides is 1. The Bertz CT molecular complexity index is 1060. The normalized spacial score (nSPS) is 11.0. The van der Waals surface area contributed by atoms with Gasteiger partial charge in [0.2, 0.25) is 5.82 Å². The molecule has 7 nitrogen and oxygen atoms in total. The number of rotatable bonds is 5. The van der Waals surface area contributed by atoms with Crippen molar-refractivity contribution in [3.63, 3.8) is 0 Å². The topological polar surface area (TPSA) is 77.1 Å². The van der Waals surface area contributed by atoms with Crippen molar-refractivity contribution in [2.75, 3.05) is 0 Å². The lowest BCUT2D eigenvalue weighted by atomic mass is 10.2. The number of carbonyl (C=O) groups is 1. The Morgan fingerprint density at radius 3 is 2.39 bits per heavy atom. The van der Waals surface area contributed by atoms with Crippen molar-refractivity contribution < 1.29 is 4.79 Å². The maximum Gasteiger partial charge on any atom is 0.311 e. The molecule has 0 unspecified atom stereocenters. The lowest BCUT2D eigenvalue weighted by molar-refractivity contribution is 0.0945. The first kappa shape index (κ1) is 17.4. The van der Waals surface area contributed by atoms with Crippen LogP contribution in [0.15, 0.2) is 84.1 Å². The van der Waals surface area contributed by atoms with E-state index >= 15 is 0 Å². The molecule has 0 aliphatic heterocycles. The summed E-state index contributed by atoms with van der Waals surface area (Å²) in [6.45, 7) is 0. The third-order valence-electron chi connectivity index (χ3n) is 4.19. The number of aromatic nitrogens is 4. The van der Waals surface area contributed by atoms with Gasteiger partial charge in [-0.2, -0.15) is 5.10 Å². The largest absolute Gasteiger partial charge is 0.350 e. The molecule has 4 aromatic rings. The Hall–Kier alpha value is -4.00. The van der Waals surface area contributed by atoms with E-state index in [-0.39, 0.29) is 5.82 Å². The Labute approximate surface area is 162 Å². The summed E-state index contributed by atoms with van der Waals surface area (Å²) in [4.78, 5) is 17.0. The second-order valence-electron chi connectivity index (χ2n) is 6.12. The summed E-state index contributed by atoms with van der Waals surface area (Å²) in [7, 11) is 1.90. The lowest BCUT2D eigenvalue weighted by Gasteiger charge is -2.05. The van der Waals surface area contributed by atoms with Crippen LogP contribution in [-0.2, 0) is 7.05 Å². The van der Waals surface area contributed by atoms with Crippen molar-refractivity contribution in [1.82, 2.24) is 24.8 Å². The summed E-state index contributed by atoms with van der Waals surface area (Å²) in [5.74, 6) is 0.160. The number of nitrogens with one attached hydrogen (secondary N) is 1. The van der Waals surface area contributed by atoms with E-state index in [9.17, 15) is 4.79 Å². The molecule has 2 aromatic heterocycles. The standard InChI is InChI=1S/C21H18N6O/c1-26-14-8-13-18(26)15-22-24-21(28)19-23-20(16-9-4-2-5-10-16)27(25-19)17-11-6-3-7-12-17/h2-15H,1H3,(H,24,28)/b22-15+. The van der Waals surface area contributed by atoms with E-state index in [1.54, 1.807) is 10.9 Å². The fourth-order valence-electron chi connectivity index (χ4n) is 2.75. The number of hydrogen-bond donors (Lipinski definition) is 1. The minimum atomic E-state index is -0.475. The van der Waals surface area contributed by atoms with Gasteiger partial charge in [0.15, 0.2) is 5.82 Å². The van der Waals surface area contributed by atoms with Crippen molar-refractivity contribution in [3.05, 3.63) is 90.5 Å². The average molecular weight is 370 g/mol. The first-order chi connectivity index (χ1) is 13.7. The zero-order valence-corrected chi connectivity index (χ0v) is 15.2. The van der Waals surface area contributed by atoms with E-state index < -0.39 is 5.91 Å².